The first-order valence-electron chi connectivity index (χ1n) is 5.34. The van der Waals surface area contributed by atoms with E-state index in [1.54, 1.807) is 12.3 Å². The molecule has 3 aromatic rings. The van der Waals surface area contributed by atoms with Gasteiger partial charge in [-0.2, -0.15) is 5.26 Å². The zero-order valence-corrected chi connectivity index (χ0v) is 10.8. The summed E-state index contributed by atoms with van der Waals surface area (Å²) in [5.74, 6) is 0. The molecule has 18 heavy (non-hydrogen) atoms. The van der Waals surface area contributed by atoms with Gasteiger partial charge in [0.15, 0.2) is 0 Å². The molecule has 0 fully saturated rings. The van der Waals surface area contributed by atoms with Crippen LogP contribution >= 0.6 is 15.9 Å². The second-order valence-corrected chi connectivity index (χ2v) is 4.94. The molecular formula is C14H7BrN2O. The van der Waals surface area contributed by atoms with Crippen LogP contribution in [-0.4, -0.2) is 4.98 Å². The molecule has 0 bridgehead atoms. The SMILES string of the molecule is N#Cc1cc2cc(=O)[nH]cc2c2ccc(Br)cc12. The van der Waals surface area contributed by atoms with Crippen molar-refractivity contribution in [3.63, 3.8) is 0 Å². The molecule has 0 spiro atoms. The Kier molecular flexibility index (Phi) is 2.42. The monoisotopic (exact) mass is 298 g/mol. The Morgan fingerprint density at radius 1 is 1.11 bits per heavy atom. The van der Waals surface area contributed by atoms with Gasteiger partial charge in [0.25, 0.3) is 0 Å². The number of H-pyrrole nitrogens is 1. The summed E-state index contributed by atoms with van der Waals surface area (Å²) < 4.78 is 0.926. The average molecular weight is 299 g/mol. The third-order valence-corrected chi connectivity index (χ3v) is 3.43. The van der Waals surface area contributed by atoms with Gasteiger partial charge < -0.3 is 4.98 Å². The molecule has 0 saturated carbocycles. The van der Waals surface area contributed by atoms with E-state index in [0.717, 1.165) is 26.0 Å². The number of aromatic amines is 1. The molecular weight excluding hydrogens is 292 g/mol. The van der Waals surface area contributed by atoms with Gasteiger partial charge in [-0.05, 0) is 29.0 Å². The van der Waals surface area contributed by atoms with E-state index in [4.69, 9.17) is 0 Å². The molecule has 4 heteroatoms. The van der Waals surface area contributed by atoms with Crippen molar-refractivity contribution < 1.29 is 0 Å². The van der Waals surface area contributed by atoms with Gasteiger partial charge in [0.2, 0.25) is 5.56 Å². The topological polar surface area (TPSA) is 56.6 Å². The van der Waals surface area contributed by atoms with E-state index in [1.807, 2.05) is 18.2 Å². The highest BCUT2D eigenvalue weighted by atomic mass is 79.9. The quantitative estimate of drug-likeness (QED) is 0.647. The third kappa shape index (κ3) is 1.60. The number of pyridine rings is 1. The van der Waals surface area contributed by atoms with Crippen LogP contribution in [0.1, 0.15) is 5.56 Å². The minimum Gasteiger partial charge on any atom is -0.328 e. The van der Waals surface area contributed by atoms with E-state index in [0.29, 0.717) is 5.56 Å². The number of halogens is 1. The number of nitrogens with zero attached hydrogens (tertiary/aromatic N) is 1. The fourth-order valence-corrected chi connectivity index (χ4v) is 2.50. The predicted octanol–water partition coefficient (Wildman–Crippen LogP) is 3.32. The van der Waals surface area contributed by atoms with Crippen molar-refractivity contribution >= 4 is 37.5 Å². The molecule has 3 rings (SSSR count). The summed E-state index contributed by atoms with van der Waals surface area (Å²) in [6.07, 6.45) is 1.69. The van der Waals surface area contributed by atoms with Crippen LogP contribution in [0.25, 0.3) is 21.5 Å². The zero-order chi connectivity index (χ0) is 12.7. The average Bonchev–Trinajstić information content (AvgIpc) is 2.37. The van der Waals surface area contributed by atoms with Crippen molar-refractivity contribution in [1.29, 1.82) is 5.26 Å². The number of fused-ring (bicyclic) bond motifs is 3. The predicted molar refractivity (Wildman–Crippen MR) is 74.5 cm³/mol. The second kappa shape index (κ2) is 3.97. The van der Waals surface area contributed by atoms with Gasteiger partial charge in [-0.25, -0.2) is 0 Å². The summed E-state index contributed by atoms with van der Waals surface area (Å²) in [5.41, 5.74) is 0.409. The van der Waals surface area contributed by atoms with Gasteiger partial charge in [0.1, 0.15) is 0 Å². The van der Waals surface area contributed by atoms with Gasteiger partial charge >= 0.3 is 0 Å². The molecule has 2 aromatic carbocycles. The molecule has 0 aliphatic carbocycles. The standard InChI is InChI=1S/C14H7BrN2O/c15-10-1-2-11-12(5-10)9(6-16)3-8-4-14(18)17-7-13(8)11/h1-5,7H,(H,17,18). The van der Waals surface area contributed by atoms with Crippen molar-refractivity contribution in [3.05, 3.63) is 56.9 Å². The normalized spacial score (nSPS) is 10.7. The van der Waals surface area contributed by atoms with Gasteiger partial charge in [-0.3, -0.25) is 4.79 Å². The van der Waals surface area contributed by atoms with E-state index in [-0.39, 0.29) is 5.56 Å². The number of nitrogens with one attached hydrogen (secondary N) is 1. The van der Waals surface area contributed by atoms with Crippen molar-refractivity contribution in [1.82, 2.24) is 4.98 Å². The van der Waals surface area contributed by atoms with Crippen LogP contribution in [0.3, 0.4) is 0 Å². The van der Waals surface area contributed by atoms with Crippen molar-refractivity contribution in [2.24, 2.45) is 0 Å². The van der Waals surface area contributed by atoms with E-state index < -0.39 is 0 Å². The number of nitriles is 1. The van der Waals surface area contributed by atoms with Crippen LogP contribution in [0.5, 0.6) is 0 Å². The van der Waals surface area contributed by atoms with E-state index >= 15 is 0 Å². The molecule has 86 valence electrons. The highest BCUT2D eigenvalue weighted by Gasteiger charge is 2.07. The molecule has 0 radical (unpaired) electrons. The summed E-state index contributed by atoms with van der Waals surface area (Å²) >= 11 is 3.40. The Labute approximate surface area is 111 Å². The summed E-state index contributed by atoms with van der Waals surface area (Å²) in [5, 5.41) is 12.8. The Balaban J connectivity index is 2.62. The Morgan fingerprint density at radius 2 is 1.94 bits per heavy atom. The first kappa shape index (κ1) is 11.0. The van der Waals surface area contributed by atoms with Crippen molar-refractivity contribution in [2.75, 3.05) is 0 Å². The van der Waals surface area contributed by atoms with Gasteiger partial charge in [-0.15, -0.1) is 0 Å². The minimum absolute atomic E-state index is 0.164. The summed E-state index contributed by atoms with van der Waals surface area (Å²) in [7, 11) is 0. The molecule has 0 unspecified atom stereocenters. The maximum atomic E-state index is 11.3. The van der Waals surface area contributed by atoms with Crippen LogP contribution in [0, 0.1) is 11.3 Å². The van der Waals surface area contributed by atoms with Gasteiger partial charge in [0.05, 0.1) is 11.6 Å². The smallest absolute Gasteiger partial charge is 0.248 e. The molecule has 1 N–H and O–H groups in total. The first-order chi connectivity index (χ1) is 8.69. The van der Waals surface area contributed by atoms with Crippen molar-refractivity contribution in [2.45, 2.75) is 0 Å². The van der Waals surface area contributed by atoms with Gasteiger partial charge in [-0.1, -0.05) is 22.0 Å². The third-order valence-electron chi connectivity index (χ3n) is 2.94. The lowest BCUT2D eigenvalue weighted by Crippen LogP contribution is -2.02. The first-order valence-corrected chi connectivity index (χ1v) is 6.13. The van der Waals surface area contributed by atoms with Crippen LogP contribution in [0.4, 0.5) is 0 Å². The lowest BCUT2D eigenvalue weighted by molar-refractivity contribution is 1.27. The minimum atomic E-state index is -0.164. The molecule has 0 saturated heterocycles. The summed E-state index contributed by atoms with van der Waals surface area (Å²) in [6, 6.07) is 11.2. The molecule has 0 amide bonds. The number of aromatic nitrogens is 1. The lowest BCUT2D eigenvalue weighted by atomic mass is 9.99. The van der Waals surface area contributed by atoms with Gasteiger partial charge in [0, 0.05) is 27.5 Å². The maximum Gasteiger partial charge on any atom is 0.248 e. The largest absolute Gasteiger partial charge is 0.328 e. The number of hydrogen-bond donors (Lipinski definition) is 1. The Morgan fingerprint density at radius 3 is 2.72 bits per heavy atom. The highest BCUT2D eigenvalue weighted by Crippen LogP contribution is 2.29. The molecule has 0 atom stereocenters. The van der Waals surface area contributed by atoms with Crippen LogP contribution in [-0.2, 0) is 0 Å². The molecule has 1 heterocycles. The van der Waals surface area contributed by atoms with E-state index in [2.05, 4.69) is 27.0 Å². The molecule has 0 aliphatic rings. The molecule has 0 aliphatic heterocycles. The Bertz CT molecular complexity index is 874. The van der Waals surface area contributed by atoms with Crippen LogP contribution in [0.15, 0.2) is 45.8 Å². The fraction of sp³-hybridized carbons (Fsp3) is 0. The fourth-order valence-electron chi connectivity index (χ4n) is 2.14. The summed E-state index contributed by atoms with van der Waals surface area (Å²) in [6.45, 7) is 0. The molecule has 3 nitrogen and oxygen atoms in total. The van der Waals surface area contributed by atoms with E-state index in [9.17, 15) is 10.1 Å². The number of benzene rings is 2. The van der Waals surface area contributed by atoms with Crippen molar-refractivity contribution in [3.8, 4) is 6.07 Å². The van der Waals surface area contributed by atoms with Crippen LogP contribution in [0.2, 0.25) is 0 Å². The zero-order valence-electron chi connectivity index (χ0n) is 9.20. The molecule has 1 aromatic heterocycles. The summed E-state index contributed by atoms with van der Waals surface area (Å²) in [4.78, 5) is 14.0. The van der Waals surface area contributed by atoms with E-state index in [1.165, 1.54) is 6.07 Å². The highest BCUT2D eigenvalue weighted by molar-refractivity contribution is 9.10. The lowest BCUT2D eigenvalue weighted by Gasteiger charge is -2.06. The Hall–Kier alpha value is -2.12. The number of hydrogen-bond acceptors (Lipinski definition) is 2. The number of rotatable bonds is 0. The second-order valence-electron chi connectivity index (χ2n) is 4.03. The maximum absolute atomic E-state index is 11.3. The van der Waals surface area contributed by atoms with Crippen LogP contribution < -0.4 is 5.56 Å².